The first-order valence-electron chi connectivity index (χ1n) is 6.71. The fraction of sp³-hybridized carbons (Fsp3) is 0.667. The van der Waals surface area contributed by atoms with E-state index in [0.29, 0.717) is 26.2 Å². The van der Waals surface area contributed by atoms with Gasteiger partial charge in [0.15, 0.2) is 5.69 Å². The molecule has 0 spiro atoms. The highest BCUT2D eigenvalue weighted by molar-refractivity contribution is 5.92. The normalized spacial score (nSPS) is 19.1. The third kappa shape index (κ3) is 3.53. The van der Waals surface area contributed by atoms with Crippen LogP contribution < -0.4 is 5.73 Å². The van der Waals surface area contributed by atoms with Gasteiger partial charge < -0.3 is 15.7 Å². The smallest absolute Gasteiger partial charge is 0.303 e. The number of hydrogen-bond donors (Lipinski definition) is 2. The van der Waals surface area contributed by atoms with Gasteiger partial charge >= 0.3 is 5.97 Å². The molecule has 1 aromatic rings. The van der Waals surface area contributed by atoms with Crippen LogP contribution in [0.5, 0.6) is 0 Å². The first kappa shape index (κ1) is 14.4. The van der Waals surface area contributed by atoms with Gasteiger partial charge in [-0.3, -0.25) is 14.3 Å². The van der Waals surface area contributed by atoms with Crippen LogP contribution in [-0.4, -0.2) is 56.5 Å². The number of carbonyl (C=O) groups is 2. The van der Waals surface area contributed by atoms with Crippen LogP contribution in [0.1, 0.15) is 29.8 Å². The predicted octanol–water partition coefficient (Wildman–Crippen LogP) is -0.436. The number of nitrogens with zero attached hydrogens (tertiary/aromatic N) is 4. The fourth-order valence-corrected chi connectivity index (χ4v) is 2.46. The molecule has 0 saturated carbocycles. The summed E-state index contributed by atoms with van der Waals surface area (Å²) in [5.74, 6) is -0.995. The number of aromatic nitrogens is 3. The standard InChI is InChI=1S/C12H19N5O3/c13-3-5-17-8-10(14-15-17)12(20)16-4-1-2-9(7-16)6-11(18)19/h8-9H,1-7,13H2,(H,18,19). The second kappa shape index (κ2) is 6.47. The number of carboxylic acids is 1. The minimum atomic E-state index is -0.821. The van der Waals surface area contributed by atoms with Crippen LogP contribution in [0.4, 0.5) is 0 Å². The van der Waals surface area contributed by atoms with Gasteiger partial charge in [0.05, 0.1) is 12.7 Å². The molecule has 1 fully saturated rings. The van der Waals surface area contributed by atoms with Crippen LogP contribution >= 0.6 is 0 Å². The van der Waals surface area contributed by atoms with Gasteiger partial charge in [0, 0.05) is 26.1 Å². The molecule has 1 amide bonds. The van der Waals surface area contributed by atoms with Gasteiger partial charge in [-0.25, -0.2) is 0 Å². The summed E-state index contributed by atoms with van der Waals surface area (Å²) in [4.78, 5) is 24.7. The maximum absolute atomic E-state index is 12.3. The SMILES string of the molecule is NCCn1cc(C(=O)N2CCCC(CC(=O)O)C2)nn1. The van der Waals surface area contributed by atoms with Gasteiger partial charge in [-0.15, -0.1) is 5.10 Å². The molecular weight excluding hydrogens is 262 g/mol. The molecular formula is C12H19N5O3. The Hall–Kier alpha value is -1.96. The topological polar surface area (TPSA) is 114 Å². The van der Waals surface area contributed by atoms with E-state index < -0.39 is 5.97 Å². The van der Waals surface area contributed by atoms with E-state index in [0.717, 1.165) is 12.8 Å². The second-order valence-corrected chi connectivity index (χ2v) is 5.01. The molecule has 1 atom stereocenters. The minimum Gasteiger partial charge on any atom is -0.481 e. The van der Waals surface area contributed by atoms with Crippen LogP contribution in [0, 0.1) is 5.92 Å². The monoisotopic (exact) mass is 281 g/mol. The van der Waals surface area contributed by atoms with Crippen molar-refractivity contribution in [3.8, 4) is 0 Å². The molecule has 8 heteroatoms. The third-order valence-corrected chi connectivity index (χ3v) is 3.39. The number of rotatable bonds is 5. The molecule has 0 radical (unpaired) electrons. The van der Waals surface area contributed by atoms with E-state index in [1.54, 1.807) is 11.1 Å². The quantitative estimate of drug-likeness (QED) is 0.756. The maximum Gasteiger partial charge on any atom is 0.303 e. The fourth-order valence-electron chi connectivity index (χ4n) is 2.46. The van der Waals surface area contributed by atoms with Crippen molar-refractivity contribution in [1.82, 2.24) is 19.9 Å². The van der Waals surface area contributed by atoms with Crippen molar-refractivity contribution in [2.75, 3.05) is 19.6 Å². The number of nitrogens with two attached hydrogens (primary N) is 1. The van der Waals surface area contributed by atoms with Crippen molar-refractivity contribution in [1.29, 1.82) is 0 Å². The van der Waals surface area contributed by atoms with Crippen LogP contribution in [0.2, 0.25) is 0 Å². The number of carbonyl (C=O) groups excluding carboxylic acids is 1. The minimum absolute atomic E-state index is 0.0179. The molecule has 110 valence electrons. The average Bonchev–Trinajstić information content (AvgIpc) is 2.86. The summed E-state index contributed by atoms with van der Waals surface area (Å²) in [6.45, 7) is 2.05. The van der Waals surface area contributed by atoms with E-state index in [9.17, 15) is 9.59 Å². The van der Waals surface area contributed by atoms with Crippen molar-refractivity contribution < 1.29 is 14.7 Å². The van der Waals surface area contributed by atoms with Crippen molar-refractivity contribution in [2.45, 2.75) is 25.8 Å². The van der Waals surface area contributed by atoms with E-state index in [1.165, 1.54) is 4.68 Å². The number of aliphatic carboxylic acids is 1. The average molecular weight is 281 g/mol. The van der Waals surface area contributed by atoms with Gasteiger partial charge in [0.1, 0.15) is 0 Å². The number of likely N-dealkylation sites (tertiary alicyclic amines) is 1. The Morgan fingerprint density at radius 1 is 1.50 bits per heavy atom. The van der Waals surface area contributed by atoms with Crippen LogP contribution in [0.3, 0.4) is 0 Å². The van der Waals surface area contributed by atoms with E-state index >= 15 is 0 Å². The first-order valence-corrected chi connectivity index (χ1v) is 6.71. The van der Waals surface area contributed by atoms with Crippen molar-refractivity contribution in [3.05, 3.63) is 11.9 Å². The molecule has 3 N–H and O–H groups in total. The summed E-state index contributed by atoms with van der Waals surface area (Å²) in [6.07, 6.45) is 3.34. The Labute approximate surface area is 116 Å². The lowest BCUT2D eigenvalue weighted by Gasteiger charge is -2.31. The van der Waals surface area contributed by atoms with Crippen molar-refractivity contribution in [3.63, 3.8) is 0 Å². The number of amides is 1. The van der Waals surface area contributed by atoms with Crippen LogP contribution in [0.25, 0.3) is 0 Å². The number of hydrogen-bond acceptors (Lipinski definition) is 5. The molecule has 1 aliphatic rings. The summed E-state index contributed by atoms with van der Waals surface area (Å²) in [6, 6.07) is 0. The predicted molar refractivity (Wildman–Crippen MR) is 70.0 cm³/mol. The lowest BCUT2D eigenvalue weighted by molar-refractivity contribution is -0.138. The Balaban J connectivity index is 1.98. The highest BCUT2D eigenvalue weighted by Crippen LogP contribution is 2.20. The zero-order valence-electron chi connectivity index (χ0n) is 11.2. The molecule has 1 aromatic heterocycles. The summed E-state index contributed by atoms with van der Waals surface area (Å²) in [7, 11) is 0. The molecule has 1 saturated heterocycles. The summed E-state index contributed by atoms with van der Waals surface area (Å²) < 4.78 is 1.53. The highest BCUT2D eigenvalue weighted by atomic mass is 16.4. The molecule has 8 nitrogen and oxygen atoms in total. The van der Waals surface area contributed by atoms with Crippen LogP contribution in [0.15, 0.2) is 6.20 Å². The van der Waals surface area contributed by atoms with Crippen LogP contribution in [-0.2, 0) is 11.3 Å². The molecule has 0 aromatic carbocycles. The van der Waals surface area contributed by atoms with E-state index in [1.807, 2.05) is 0 Å². The van der Waals surface area contributed by atoms with Gasteiger partial charge in [0.2, 0.25) is 0 Å². The first-order chi connectivity index (χ1) is 9.60. The largest absolute Gasteiger partial charge is 0.481 e. The Kier molecular flexibility index (Phi) is 4.67. The van der Waals surface area contributed by atoms with Gasteiger partial charge in [-0.05, 0) is 18.8 Å². The Bertz CT molecular complexity index is 487. The molecule has 0 aliphatic carbocycles. The highest BCUT2D eigenvalue weighted by Gasteiger charge is 2.27. The zero-order chi connectivity index (χ0) is 14.5. The molecule has 1 aliphatic heterocycles. The Morgan fingerprint density at radius 3 is 3.00 bits per heavy atom. The molecule has 2 heterocycles. The zero-order valence-corrected chi connectivity index (χ0v) is 11.2. The maximum atomic E-state index is 12.3. The van der Waals surface area contributed by atoms with Gasteiger partial charge in [-0.1, -0.05) is 5.21 Å². The van der Waals surface area contributed by atoms with Crippen molar-refractivity contribution >= 4 is 11.9 Å². The van der Waals surface area contributed by atoms with E-state index in [2.05, 4.69) is 10.3 Å². The Morgan fingerprint density at radius 2 is 2.30 bits per heavy atom. The summed E-state index contributed by atoms with van der Waals surface area (Å²) in [5, 5.41) is 16.5. The summed E-state index contributed by atoms with van der Waals surface area (Å²) >= 11 is 0. The molecule has 0 bridgehead atoms. The lowest BCUT2D eigenvalue weighted by atomic mass is 9.95. The molecule has 2 rings (SSSR count). The van der Waals surface area contributed by atoms with E-state index in [-0.39, 0.29) is 23.9 Å². The third-order valence-electron chi connectivity index (χ3n) is 3.39. The summed E-state index contributed by atoms with van der Waals surface area (Å²) in [5.41, 5.74) is 5.70. The van der Waals surface area contributed by atoms with Crippen molar-refractivity contribution in [2.24, 2.45) is 11.7 Å². The van der Waals surface area contributed by atoms with Gasteiger partial charge in [-0.2, -0.15) is 0 Å². The second-order valence-electron chi connectivity index (χ2n) is 5.01. The molecule has 1 unspecified atom stereocenters. The number of carboxylic acid groups (broad SMARTS) is 1. The van der Waals surface area contributed by atoms with E-state index in [4.69, 9.17) is 10.8 Å². The van der Waals surface area contributed by atoms with Gasteiger partial charge in [0.25, 0.3) is 5.91 Å². The lowest BCUT2D eigenvalue weighted by Crippen LogP contribution is -2.40. The number of piperidine rings is 1. The molecule has 20 heavy (non-hydrogen) atoms.